The largest absolute Gasteiger partial charge is 4.00 e. The maximum absolute atomic E-state index is 0. The topological polar surface area (TPSA) is 114 Å². The van der Waals surface area contributed by atoms with E-state index in [0.29, 0.717) is 0 Å². The molecule has 4 nitrogen and oxygen atoms in total. The first-order valence-electron chi connectivity index (χ1n) is 0. The summed E-state index contributed by atoms with van der Waals surface area (Å²) in [4.78, 5) is 0. The zero-order valence-electron chi connectivity index (χ0n) is 2.63. The molecular weight excluding hydrogens is 301 g/mol. The van der Waals surface area contributed by atoms with E-state index in [-0.39, 0.29) is 69.7 Å². The summed E-state index contributed by atoms with van der Waals surface area (Å²) in [6.45, 7) is 0. The summed E-state index contributed by atoms with van der Waals surface area (Å²) in [5, 5.41) is 0. The smallest absolute Gasteiger partial charge is 2.00 e. The molecule has 0 rings (SSSR count). The summed E-state index contributed by atoms with van der Waals surface area (Å²) in [6, 6.07) is 0. The van der Waals surface area contributed by atoms with Crippen molar-refractivity contribution < 1.29 is 21.9 Å². The van der Waals surface area contributed by atoms with Crippen LogP contribution in [0.25, 0.3) is 0 Å². The second-order valence-electron chi connectivity index (χ2n) is 0. The van der Waals surface area contributed by atoms with Gasteiger partial charge in [-0.15, -0.1) is 0 Å². The standard InChI is InChI=1S/4O.2Sn/q4*-2;2*+4. The van der Waals surface area contributed by atoms with Gasteiger partial charge in [-0.1, -0.05) is 0 Å². The molecule has 0 spiro atoms. The van der Waals surface area contributed by atoms with Crippen LogP contribution in [0, 0.1) is 0 Å². The first-order valence-corrected chi connectivity index (χ1v) is 0. The van der Waals surface area contributed by atoms with Gasteiger partial charge in [-0.2, -0.15) is 0 Å². The molecule has 6 heteroatoms. The van der Waals surface area contributed by atoms with Crippen LogP contribution in [0.4, 0.5) is 0 Å². The fourth-order valence-electron chi connectivity index (χ4n) is 0. The summed E-state index contributed by atoms with van der Waals surface area (Å²) >= 11 is 0. The Balaban J connectivity index is 0. The van der Waals surface area contributed by atoms with Gasteiger partial charge < -0.3 is 21.9 Å². The van der Waals surface area contributed by atoms with E-state index in [4.69, 9.17) is 0 Å². The van der Waals surface area contributed by atoms with E-state index in [1.165, 1.54) is 0 Å². The summed E-state index contributed by atoms with van der Waals surface area (Å²) in [6.07, 6.45) is 0. The zero-order valence-corrected chi connectivity index (χ0v) is 8.34. The SMILES string of the molecule is [O-2].[O-2].[O-2].[O-2].[Sn+4].[Sn+4]. The molecule has 0 N–H and O–H groups in total. The third-order valence-corrected chi connectivity index (χ3v) is 0. The Morgan fingerprint density at radius 2 is 0.333 bits per heavy atom. The molecule has 0 radical (unpaired) electrons. The average molecular weight is 301 g/mol. The first-order chi connectivity index (χ1) is 0. The van der Waals surface area contributed by atoms with Crippen molar-refractivity contribution in [3.63, 3.8) is 0 Å². The van der Waals surface area contributed by atoms with Crippen LogP contribution in [0.15, 0.2) is 0 Å². The van der Waals surface area contributed by atoms with Crippen LogP contribution in [-0.4, -0.2) is 47.8 Å². The van der Waals surface area contributed by atoms with Gasteiger partial charge in [-0.05, 0) is 0 Å². The predicted octanol–water partition coefficient (Wildman–Crippen LogP) is -1.24. The Morgan fingerprint density at radius 3 is 0.333 bits per heavy atom. The van der Waals surface area contributed by atoms with E-state index in [0.717, 1.165) is 0 Å². The van der Waals surface area contributed by atoms with Crippen molar-refractivity contribution in [3.05, 3.63) is 0 Å². The molecule has 0 bridgehead atoms. The third kappa shape index (κ3) is 51.8. The predicted molar refractivity (Wildman–Crippen MR) is 14.3 cm³/mol. The molecule has 0 aliphatic heterocycles. The molecular formula is O4Sn2. The van der Waals surface area contributed by atoms with E-state index in [1.807, 2.05) is 0 Å². The molecule has 0 saturated carbocycles. The molecule has 0 aromatic rings. The Labute approximate surface area is 69.4 Å². The molecule has 0 heterocycles. The molecule has 0 amide bonds. The Hall–Kier alpha value is 1.44. The maximum atomic E-state index is 0. The van der Waals surface area contributed by atoms with Gasteiger partial charge in [0, 0.05) is 0 Å². The minimum Gasteiger partial charge on any atom is -2.00 e. The van der Waals surface area contributed by atoms with Crippen LogP contribution < -0.4 is 0 Å². The van der Waals surface area contributed by atoms with Crippen molar-refractivity contribution in [2.75, 3.05) is 0 Å². The fourth-order valence-corrected chi connectivity index (χ4v) is 0. The summed E-state index contributed by atoms with van der Waals surface area (Å²) in [5.74, 6) is 0. The van der Waals surface area contributed by atoms with E-state index in [9.17, 15) is 0 Å². The Bertz CT molecular complexity index is 5.51. The summed E-state index contributed by atoms with van der Waals surface area (Å²) < 4.78 is 0. The van der Waals surface area contributed by atoms with Crippen LogP contribution in [0.1, 0.15) is 0 Å². The van der Waals surface area contributed by atoms with Gasteiger partial charge in [-0.25, -0.2) is 0 Å². The second-order valence-corrected chi connectivity index (χ2v) is 0. The maximum Gasteiger partial charge on any atom is 4.00 e. The van der Waals surface area contributed by atoms with E-state index in [1.54, 1.807) is 0 Å². The van der Waals surface area contributed by atoms with Gasteiger partial charge in [0.2, 0.25) is 0 Å². The summed E-state index contributed by atoms with van der Waals surface area (Å²) in [7, 11) is 0. The molecule has 0 aromatic heterocycles. The number of hydrogen-bond acceptors (Lipinski definition) is 0. The molecule has 0 aromatic carbocycles. The van der Waals surface area contributed by atoms with Crippen molar-refractivity contribution in [3.8, 4) is 0 Å². The molecule has 0 aliphatic carbocycles. The Kier molecular flexibility index (Phi) is 2290. The molecule has 0 unspecified atom stereocenters. The van der Waals surface area contributed by atoms with Gasteiger partial charge in [0.25, 0.3) is 0 Å². The van der Waals surface area contributed by atoms with Gasteiger partial charge in [0.1, 0.15) is 0 Å². The van der Waals surface area contributed by atoms with E-state index in [2.05, 4.69) is 0 Å². The van der Waals surface area contributed by atoms with Crippen LogP contribution >= 0.6 is 0 Å². The van der Waals surface area contributed by atoms with Crippen molar-refractivity contribution in [2.24, 2.45) is 0 Å². The Morgan fingerprint density at radius 1 is 0.333 bits per heavy atom. The molecule has 0 fully saturated rings. The molecule has 0 saturated heterocycles. The third-order valence-electron chi connectivity index (χ3n) is 0. The summed E-state index contributed by atoms with van der Waals surface area (Å²) in [5.41, 5.74) is 0. The van der Waals surface area contributed by atoms with Crippen LogP contribution in [0.2, 0.25) is 0 Å². The average Bonchev–Trinajstić information content (AvgIpc) is 0. The molecule has 0 atom stereocenters. The molecule has 32 valence electrons. The van der Waals surface area contributed by atoms with Crippen molar-refractivity contribution in [1.82, 2.24) is 0 Å². The molecule has 6 heavy (non-hydrogen) atoms. The van der Waals surface area contributed by atoms with Crippen molar-refractivity contribution in [1.29, 1.82) is 0 Å². The number of hydrogen-bond donors (Lipinski definition) is 0. The second kappa shape index (κ2) is 92.1. The van der Waals surface area contributed by atoms with Gasteiger partial charge in [-0.3, -0.25) is 0 Å². The molecule has 0 aliphatic rings. The monoisotopic (exact) mass is 304 g/mol. The van der Waals surface area contributed by atoms with Gasteiger partial charge >= 0.3 is 47.8 Å². The normalized spacial score (nSPS) is 0. The van der Waals surface area contributed by atoms with E-state index < -0.39 is 0 Å². The minimum absolute atomic E-state index is 0. The van der Waals surface area contributed by atoms with Crippen molar-refractivity contribution >= 4 is 47.8 Å². The van der Waals surface area contributed by atoms with Crippen molar-refractivity contribution in [2.45, 2.75) is 0 Å². The first kappa shape index (κ1) is 149. The minimum atomic E-state index is 0. The van der Waals surface area contributed by atoms with Gasteiger partial charge in [0.15, 0.2) is 0 Å². The fraction of sp³-hybridized carbons (Fsp3) is 0. The zero-order chi connectivity index (χ0) is 0. The number of rotatable bonds is 0. The van der Waals surface area contributed by atoms with Crippen LogP contribution in [0.3, 0.4) is 0 Å². The van der Waals surface area contributed by atoms with Crippen LogP contribution in [-0.2, 0) is 21.9 Å². The van der Waals surface area contributed by atoms with Gasteiger partial charge in [0.05, 0.1) is 0 Å². The van der Waals surface area contributed by atoms with Crippen LogP contribution in [0.5, 0.6) is 0 Å². The van der Waals surface area contributed by atoms with E-state index >= 15 is 0 Å². The quantitative estimate of drug-likeness (QED) is 0.498.